The molecular formula is C12H14N2O. The zero-order valence-electron chi connectivity index (χ0n) is 9.29. The van der Waals surface area contributed by atoms with E-state index in [4.69, 9.17) is 5.26 Å². The first kappa shape index (κ1) is 11.4. The Morgan fingerprint density at radius 3 is 2.53 bits per heavy atom. The van der Waals surface area contributed by atoms with Crippen LogP contribution in [0.2, 0.25) is 0 Å². The summed E-state index contributed by atoms with van der Waals surface area (Å²) in [5.41, 5.74) is 4.34. The monoisotopic (exact) mass is 202 g/mol. The molecule has 0 N–H and O–H groups in total. The van der Waals surface area contributed by atoms with E-state index < -0.39 is 0 Å². The van der Waals surface area contributed by atoms with E-state index in [0.717, 1.165) is 28.8 Å². The smallest absolute Gasteiger partial charge is 0.120 e. The number of nitriles is 1. The third-order valence-electron chi connectivity index (χ3n) is 2.65. The summed E-state index contributed by atoms with van der Waals surface area (Å²) < 4.78 is 0. The molecular weight excluding hydrogens is 188 g/mol. The maximum absolute atomic E-state index is 10.3. The summed E-state index contributed by atoms with van der Waals surface area (Å²) in [6, 6.07) is 2.16. The summed E-state index contributed by atoms with van der Waals surface area (Å²) in [4.78, 5) is 14.7. The molecule has 0 spiro atoms. The van der Waals surface area contributed by atoms with Crippen LogP contribution in [0.25, 0.3) is 0 Å². The minimum atomic E-state index is 0.485. The lowest BCUT2D eigenvalue weighted by Crippen LogP contribution is -2.03. The molecule has 1 aromatic rings. The summed E-state index contributed by atoms with van der Waals surface area (Å²) in [7, 11) is 0. The van der Waals surface area contributed by atoms with E-state index in [1.807, 2.05) is 20.8 Å². The first-order valence-corrected chi connectivity index (χ1v) is 4.92. The van der Waals surface area contributed by atoms with Crippen molar-refractivity contribution < 1.29 is 4.79 Å². The van der Waals surface area contributed by atoms with Crippen molar-refractivity contribution in [1.82, 2.24) is 4.98 Å². The largest absolute Gasteiger partial charge is 0.303 e. The Bertz CT molecular complexity index is 430. The van der Waals surface area contributed by atoms with Gasteiger partial charge < -0.3 is 4.79 Å². The number of pyridine rings is 1. The predicted molar refractivity (Wildman–Crippen MR) is 57.5 cm³/mol. The average Bonchev–Trinajstić information content (AvgIpc) is 2.22. The molecule has 0 aliphatic rings. The van der Waals surface area contributed by atoms with Crippen molar-refractivity contribution in [3.63, 3.8) is 0 Å². The Hall–Kier alpha value is -1.69. The van der Waals surface area contributed by atoms with Crippen LogP contribution in [0, 0.1) is 32.1 Å². The van der Waals surface area contributed by atoms with Crippen molar-refractivity contribution in [2.45, 2.75) is 33.6 Å². The molecule has 0 saturated carbocycles. The van der Waals surface area contributed by atoms with E-state index in [9.17, 15) is 4.79 Å². The third-order valence-corrected chi connectivity index (χ3v) is 2.65. The van der Waals surface area contributed by atoms with E-state index >= 15 is 0 Å². The molecule has 3 heteroatoms. The fourth-order valence-electron chi connectivity index (χ4n) is 1.62. The third kappa shape index (κ3) is 2.21. The topological polar surface area (TPSA) is 53.8 Å². The van der Waals surface area contributed by atoms with E-state index in [2.05, 4.69) is 11.1 Å². The number of rotatable bonds is 3. The fourth-order valence-corrected chi connectivity index (χ4v) is 1.62. The average molecular weight is 202 g/mol. The molecule has 0 amide bonds. The Balaban J connectivity index is 3.22. The van der Waals surface area contributed by atoms with Crippen LogP contribution in [0.1, 0.15) is 34.5 Å². The highest BCUT2D eigenvalue weighted by molar-refractivity contribution is 5.51. The van der Waals surface area contributed by atoms with Gasteiger partial charge in [-0.15, -0.1) is 0 Å². The zero-order valence-corrected chi connectivity index (χ0v) is 9.29. The second kappa shape index (κ2) is 4.70. The molecule has 0 atom stereocenters. The van der Waals surface area contributed by atoms with Gasteiger partial charge in [0.2, 0.25) is 0 Å². The highest BCUT2D eigenvalue weighted by atomic mass is 16.1. The highest BCUT2D eigenvalue weighted by Crippen LogP contribution is 2.18. The lowest BCUT2D eigenvalue weighted by molar-refractivity contribution is -0.107. The van der Waals surface area contributed by atoms with Crippen LogP contribution in [0.3, 0.4) is 0 Å². The SMILES string of the molecule is Cc1nc(CCC=O)c(C)c(C)c1C#N. The van der Waals surface area contributed by atoms with Crippen LogP contribution in [-0.2, 0) is 11.2 Å². The molecule has 0 saturated heterocycles. The van der Waals surface area contributed by atoms with Gasteiger partial charge in [-0.3, -0.25) is 4.98 Å². The first-order chi connectivity index (χ1) is 7.11. The molecule has 1 heterocycles. The molecule has 0 bridgehead atoms. The van der Waals surface area contributed by atoms with Crippen molar-refractivity contribution in [1.29, 1.82) is 5.26 Å². The van der Waals surface area contributed by atoms with Gasteiger partial charge in [0, 0.05) is 12.1 Å². The Labute approximate surface area is 89.8 Å². The lowest BCUT2D eigenvalue weighted by Gasteiger charge is -2.10. The standard InChI is InChI=1S/C12H14N2O/c1-8-9(2)12(5-4-6-15)14-10(3)11(8)7-13/h6H,4-5H2,1-3H3. The van der Waals surface area contributed by atoms with Crippen LogP contribution in [0.4, 0.5) is 0 Å². The summed E-state index contributed by atoms with van der Waals surface area (Å²) >= 11 is 0. The number of hydrogen-bond acceptors (Lipinski definition) is 3. The van der Waals surface area contributed by atoms with Gasteiger partial charge in [0.25, 0.3) is 0 Å². The molecule has 78 valence electrons. The van der Waals surface area contributed by atoms with Crippen LogP contribution in [0.5, 0.6) is 0 Å². The number of hydrogen-bond donors (Lipinski definition) is 0. The molecule has 15 heavy (non-hydrogen) atoms. The Morgan fingerprint density at radius 1 is 1.33 bits per heavy atom. The minimum absolute atomic E-state index is 0.485. The number of aldehydes is 1. The van der Waals surface area contributed by atoms with Crippen LogP contribution in [-0.4, -0.2) is 11.3 Å². The van der Waals surface area contributed by atoms with Crippen LogP contribution >= 0.6 is 0 Å². The molecule has 0 fully saturated rings. The number of carbonyl (C=O) groups is 1. The first-order valence-electron chi connectivity index (χ1n) is 4.92. The van der Waals surface area contributed by atoms with Gasteiger partial charge in [-0.2, -0.15) is 5.26 Å². The number of carbonyl (C=O) groups excluding carboxylic acids is 1. The molecule has 0 aromatic carbocycles. The molecule has 1 aromatic heterocycles. The Kier molecular flexibility index (Phi) is 3.56. The predicted octanol–water partition coefficient (Wildman–Crippen LogP) is 2.01. The van der Waals surface area contributed by atoms with Gasteiger partial charge in [-0.25, -0.2) is 0 Å². The minimum Gasteiger partial charge on any atom is -0.303 e. The van der Waals surface area contributed by atoms with Crippen LogP contribution < -0.4 is 0 Å². The van der Waals surface area contributed by atoms with E-state index in [-0.39, 0.29) is 0 Å². The van der Waals surface area contributed by atoms with Gasteiger partial charge in [0.15, 0.2) is 0 Å². The van der Waals surface area contributed by atoms with Gasteiger partial charge >= 0.3 is 0 Å². The number of nitrogens with zero attached hydrogens (tertiary/aromatic N) is 2. The molecule has 0 radical (unpaired) electrons. The Morgan fingerprint density at radius 2 is 2.00 bits per heavy atom. The van der Waals surface area contributed by atoms with Gasteiger partial charge in [0.1, 0.15) is 12.4 Å². The second-order valence-corrected chi connectivity index (χ2v) is 3.59. The molecule has 0 unspecified atom stereocenters. The number of aryl methyl sites for hydroxylation is 2. The van der Waals surface area contributed by atoms with Crippen molar-refractivity contribution in [2.24, 2.45) is 0 Å². The van der Waals surface area contributed by atoms with E-state index in [0.29, 0.717) is 18.4 Å². The van der Waals surface area contributed by atoms with Crippen molar-refractivity contribution in [2.75, 3.05) is 0 Å². The highest BCUT2D eigenvalue weighted by Gasteiger charge is 2.10. The summed E-state index contributed by atoms with van der Waals surface area (Å²) in [5, 5.41) is 8.94. The normalized spacial score (nSPS) is 9.73. The summed E-state index contributed by atoms with van der Waals surface area (Å²) in [6.45, 7) is 5.70. The van der Waals surface area contributed by atoms with Crippen LogP contribution in [0.15, 0.2) is 0 Å². The van der Waals surface area contributed by atoms with Gasteiger partial charge in [-0.1, -0.05) is 0 Å². The summed E-state index contributed by atoms with van der Waals surface area (Å²) in [6.07, 6.45) is 2.03. The fraction of sp³-hybridized carbons (Fsp3) is 0.417. The molecule has 1 rings (SSSR count). The van der Waals surface area contributed by atoms with Gasteiger partial charge in [-0.05, 0) is 38.3 Å². The van der Waals surface area contributed by atoms with Crippen molar-refractivity contribution >= 4 is 6.29 Å². The molecule has 3 nitrogen and oxygen atoms in total. The summed E-state index contributed by atoms with van der Waals surface area (Å²) in [5.74, 6) is 0. The quantitative estimate of drug-likeness (QED) is 0.704. The van der Waals surface area contributed by atoms with E-state index in [1.165, 1.54) is 0 Å². The number of aromatic nitrogens is 1. The van der Waals surface area contributed by atoms with Crippen molar-refractivity contribution in [3.8, 4) is 6.07 Å². The van der Waals surface area contributed by atoms with Crippen molar-refractivity contribution in [3.05, 3.63) is 28.1 Å². The second-order valence-electron chi connectivity index (χ2n) is 3.59. The maximum Gasteiger partial charge on any atom is 0.120 e. The zero-order chi connectivity index (χ0) is 11.4. The molecule has 0 aliphatic heterocycles. The lowest BCUT2D eigenvalue weighted by atomic mass is 10.00. The van der Waals surface area contributed by atoms with E-state index in [1.54, 1.807) is 0 Å². The maximum atomic E-state index is 10.3. The van der Waals surface area contributed by atoms with Gasteiger partial charge in [0.05, 0.1) is 11.3 Å². The molecule has 0 aliphatic carbocycles.